The lowest BCUT2D eigenvalue weighted by Crippen LogP contribution is -2.71. The predicted octanol–water partition coefficient (Wildman–Crippen LogP) is 8.45. The van der Waals surface area contributed by atoms with Gasteiger partial charge in [-0.25, -0.2) is 0 Å². The molecule has 8 bridgehead atoms. The molecule has 0 amide bonds. The number of benzene rings is 2. The number of phenols is 4. The van der Waals surface area contributed by atoms with Crippen LogP contribution >= 0.6 is 0 Å². The molecule has 2 aromatic rings. The summed E-state index contributed by atoms with van der Waals surface area (Å²) < 4.78 is 0. The molecular weight excluding hydrogens is 496 g/mol. The Hall–Kier alpha value is -2.36. The first-order valence-electron chi connectivity index (χ1n) is 15.6. The Labute approximate surface area is 238 Å². The van der Waals surface area contributed by atoms with Crippen LogP contribution in [0.2, 0.25) is 0 Å². The van der Waals surface area contributed by atoms with Crippen LogP contribution in [0.4, 0.5) is 0 Å². The number of hydrogen-bond acceptors (Lipinski definition) is 4. The van der Waals surface area contributed by atoms with Gasteiger partial charge < -0.3 is 20.4 Å². The van der Waals surface area contributed by atoms with Crippen molar-refractivity contribution in [1.29, 1.82) is 0 Å². The molecule has 214 valence electrons. The van der Waals surface area contributed by atoms with E-state index in [1.165, 1.54) is 38.5 Å². The summed E-state index contributed by atoms with van der Waals surface area (Å²) in [5, 5.41) is 42.8. The van der Waals surface area contributed by atoms with Crippen LogP contribution in [0.1, 0.15) is 116 Å². The Balaban J connectivity index is 1.32. The van der Waals surface area contributed by atoms with Crippen LogP contribution < -0.4 is 0 Å². The minimum Gasteiger partial charge on any atom is -0.508 e. The second-order valence-corrected chi connectivity index (χ2v) is 17.9. The van der Waals surface area contributed by atoms with Crippen molar-refractivity contribution in [3.63, 3.8) is 0 Å². The fourth-order valence-corrected chi connectivity index (χ4v) is 15.0. The second-order valence-electron chi connectivity index (χ2n) is 17.9. The molecule has 4 atom stereocenters. The van der Waals surface area contributed by atoms with Gasteiger partial charge >= 0.3 is 0 Å². The van der Waals surface area contributed by atoms with Gasteiger partial charge in [0.05, 0.1) is 0 Å². The summed E-state index contributed by atoms with van der Waals surface area (Å²) in [6.45, 7) is 10.1. The van der Waals surface area contributed by atoms with Crippen molar-refractivity contribution in [2.75, 3.05) is 0 Å². The van der Waals surface area contributed by atoms with Crippen LogP contribution in [0.15, 0.2) is 36.4 Å². The highest BCUT2D eigenvalue weighted by molar-refractivity contribution is 5.49. The predicted molar refractivity (Wildman–Crippen MR) is 156 cm³/mol. The highest BCUT2D eigenvalue weighted by atomic mass is 16.3. The number of rotatable bonds is 3. The topological polar surface area (TPSA) is 80.9 Å². The van der Waals surface area contributed by atoms with E-state index >= 15 is 0 Å². The van der Waals surface area contributed by atoms with E-state index in [9.17, 15) is 20.4 Å². The Morgan fingerprint density at radius 3 is 1.05 bits per heavy atom. The number of hydrogen-bond donors (Lipinski definition) is 4. The van der Waals surface area contributed by atoms with Gasteiger partial charge in [-0.3, -0.25) is 0 Å². The van der Waals surface area contributed by atoms with Crippen molar-refractivity contribution in [3.05, 3.63) is 47.5 Å². The Morgan fingerprint density at radius 1 is 0.425 bits per heavy atom. The first-order valence-corrected chi connectivity index (χ1v) is 15.6. The largest absolute Gasteiger partial charge is 0.508 e. The standard InChI is InChI=1S/C36H46O4/c1-29-11-30(2)14-33(13-29,25-7-5-23(37)9-27(25)39)21-35(17-29,18-30)36-19-31(3)12-32(4,20-36)16-34(15-31,22-36)26-8-6-24(38)10-28(26)40/h5-10,37-40H,11-22H2,1-4H3. The second kappa shape index (κ2) is 6.98. The minimum absolute atomic E-state index is 0.0744. The molecule has 0 radical (unpaired) electrons. The average molecular weight is 543 g/mol. The molecule has 0 aromatic heterocycles. The van der Waals surface area contributed by atoms with E-state index in [2.05, 4.69) is 27.7 Å². The molecule has 8 fully saturated rings. The normalized spacial score (nSPS) is 50.0. The Bertz CT molecular complexity index is 1310. The van der Waals surface area contributed by atoms with E-state index in [0.29, 0.717) is 0 Å². The van der Waals surface area contributed by atoms with Crippen molar-refractivity contribution >= 4 is 0 Å². The molecule has 0 saturated heterocycles. The lowest BCUT2D eigenvalue weighted by Gasteiger charge is -2.80. The SMILES string of the molecule is CC12CC3(C)CC(c4ccc(O)cc4O)(C1)CC(C14CC5(C)CC(C)(CC(c6ccc(O)cc6O)(C5)C1)C4)(C2)C3. The van der Waals surface area contributed by atoms with Crippen molar-refractivity contribution in [2.24, 2.45) is 32.5 Å². The molecule has 8 aliphatic rings. The third-order valence-electron chi connectivity index (χ3n) is 13.4. The highest BCUT2D eigenvalue weighted by Gasteiger charge is 2.76. The molecule has 8 saturated carbocycles. The van der Waals surface area contributed by atoms with Crippen LogP contribution in [0.3, 0.4) is 0 Å². The zero-order valence-electron chi connectivity index (χ0n) is 24.7. The highest BCUT2D eigenvalue weighted by Crippen LogP contribution is 2.85. The number of aromatic hydroxyl groups is 4. The van der Waals surface area contributed by atoms with Crippen molar-refractivity contribution in [1.82, 2.24) is 0 Å². The molecule has 10 rings (SSSR count). The molecule has 4 unspecified atom stereocenters. The van der Waals surface area contributed by atoms with Crippen LogP contribution in [0.5, 0.6) is 23.0 Å². The van der Waals surface area contributed by atoms with Gasteiger partial charge in [0.15, 0.2) is 0 Å². The summed E-state index contributed by atoms with van der Waals surface area (Å²) in [6, 6.07) is 10.7. The van der Waals surface area contributed by atoms with Crippen LogP contribution in [-0.4, -0.2) is 20.4 Å². The number of phenolic OH excluding ortho intramolecular Hbond substituents is 4. The van der Waals surface area contributed by atoms with E-state index in [-0.39, 0.29) is 66.3 Å². The van der Waals surface area contributed by atoms with E-state index in [1.54, 1.807) is 24.3 Å². The smallest absolute Gasteiger partial charge is 0.123 e. The fourth-order valence-electron chi connectivity index (χ4n) is 15.0. The first kappa shape index (κ1) is 25.4. The summed E-state index contributed by atoms with van der Waals surface area (Å²) in [5.74, 6) is 0.796. The van der Waals surface area contributed by atoms with Gasteiger partial charge in [-0.05, 0) is 122 Å². The Morgan fingerprint density at radius 2 is 0.750 bits per heavy atom. The third-order valence-corrected chi connectivity index (χ3v) is 13.4. The van der Waals surface area contributed by atoms with Crippen LogP contribution in [0.25, 0.3) is 0 Å². The third kappa shape index (κ3) is 3.14. The lowest BCUT2D eigenvalue weighted by molar-refractivity contribution is -0.275. The summed E-state index contributed by atoms with van der Waals surface area (Å²) in [7, 11) is 0. The monoisotopic (exact) mass is 542 g/mol. The molecule has 4 heteroatoms. The summed E-state index contributed by atoms with van der Waals surface area (Å²) >= 11 is 0. The van der Waals surface area contributed by atoms with Gasteiger partial charge in [0.1, 0.15) is 23.0 Å². The summed E-state index contributed by atoms with van der Waals surface area (Å²) in [5.41, 5.74) is 3.23. The molecule has 8 aliphatic carbocycles. The summed E-state index contributed by atoms with van der Waals surface area (Å²) in [6.07, 6.45) is 14.3. The molecule has 40 heavy (non-hydrogen) atoms. The summed E-state index contributed by atoms with van der Waals surface area (Å²) in [4.78, 5) is 0. The van der Waals surface area contributed by atoms with Gasteiger partial charge in [-0.15, -0.1) is 0 Å². The zero-order valence-corrected chi connectivity index (χ0v) is 24.7. The molecule has 4 N–H and O–H groups in total. The maximum atomic E-state index is 11.3. The van der Waals surface area contributed by atoms with Gasteiger partial charge in [-0.2, -0.15) is 0 Å². The zero-order chi connectivity index (χ0) is 28.2. The molecule has 0 heterocycles. The van der Waals surface area contributed by atoms with Crippen molar-refractivity contribution < 1.29 is 20.4 Å². The van der Waals surface area contributed by atoms with Crippen LogP contribution in [-0.2, 0) is 10.8 Å². The molecular formula is C36H46O4. The fraction of sp³-hybridized carbons (Fsp3) is 0.667. The maximum absolute atomic E-state index is 11.3. The molecule has 0 spiro atoms. The van der Waals surface area contributed by atoms with Gasteiger partial charge in [0.25, 0.3) is 0 Å². The first-order chi connectivity index (χ1) is 18.6. The van der Waals surface area contributed by atoms with E-state index in [0.717, 1.165) is 49.7 Å². The average Bonchev–Trinajstić information content (AvgIpc) is 2.73. The van der Waals surface area contributed by atoms with E-state index in [4.69, 9.17) is 0 Å². The molecule has 2 aromatic carbocycles. The quantitative estimate of drug-likeness (QED) is 0.314. The van der Waals surface area contributed by atoms with Gasteiger partial charge in [0.2, 0.25) is 0 Å². The van der Waals surface area contributed by atoms with E-state index < -0.39 is 0 Å². The van der Waals surface area contributed by atoms with Crippen LogP contribution in [0, 0.1) is 32.5 Å². The molecule has 4 nitrogen and oxygen atoms in total. The molecule has 0 aliphatic heterocycles. The van der Waals surface area contributed by atoms with Crippen molar-refractivity contribution in [2.45, 2.75) is 116 Å². The maximum Gasteiger partial charge on any atom is 0.123 e. The lowest BCUT2D eigenvalue weighted by atomic mass is 9.24. The van der Waals surface area contributed by atoms with Crippen molar-refractivity contribution in [3.8, 4) is 23.0 Å². The Kier molecular flexibility index (Phi) is 4.43. The van der Waals surface area contributed by atoms with E-state index in [1.807, 2.05) is 12.1 Å². The van der Waals surface area contributed by atoms with Gasteiger partial charge in [-0.1, -0.05) is 39.8 Å². The minimum atomic E-state index is -0.0744. The van der Waals surface area contributed by atoms with Gasteiger partial charge in [0, 0.05) is 34.1 Å².